The van der Waals surface area contributed by atoms with Crippen LogP contribution >= 0.6 is 0 Å². The Labute approximate surface area is 291 Å². The molecular formula is C37H46FN5O7. The number of benzene rings is 1. The lowest BCUT2D eigenvalue weighted by Gasteiger charge is -2.51. The molecule has 50 heavy (non-hydrogen) atoms. The summed E-state index contributed by atoms with van der Waals surface area (Å²) in [7, 11) is 1.59. The van der Waals surface area contributed by atoms with E-state index in [0.717, 1.165) is 25.7 Å². The number of nitrogens with zero attached hydrogens (tertiary/aromatic N) is 5. The third kappa shape index (κ3) is 7.27. The molecule has 1 aromatic carbocycles. The molecule has 2 fully saturated rings. The van der Waals surface area contributed by atoms with Gasteiger partial charge in [0.1, 0.15) is 41.2 Å². The van der Waals surface area contributed by atoms with Crippen LogP contribution in [-0.2, 0) is 14.2 Å². The molecule has 13 heteroatoms. The third-order valence-corrected chi connectivity index (χ3v) is 9.48. The van der Waals surface area contributed by atoms with Crippen molar-refractivity contribution in [3.8, 4) is 17.0 Å². The molecule has 3 amide bonds. The molecule has 3 aliphatic rings. The number of ether oxygens (including phenoxy) is 4. The van der Waals surface area contributed by atoms with Crippen molar-refractivity contribution in [2.75, 3.05) is 43.1 Å². The second-order valence-corrected chi connectivity index (χ2v) is 15.6. The lowest BCUT2D eigenvalue weighted by atomic mass is 9.61. The fraction of sp³-hybridized carbons (Fsp3) is 0.541. The first-order valence-corrected chi connectivity index (χ1v) is 17.1. The number of hydrogen-bond acceptors (Lipinski definition) is 9. The van der Waals surface area contributed by atoms with Crippen LogP contribution < -0.4 is 14.5 Å². The van der Waals surface area contributed by atoms with Crippen molar-refractivity contribution in [1.29, 1.82) is 0 Å². The summed E-state index contributed by atoms with van der Waals surface area (Å²) < 4.78 is 38.4. The molecule has 1 saturated carbocycles. The van der Waals surface area contributed by atoms with Gasteiger partial charge in [0.2, 0.25) is 5.88 Å². The molecule has 0 radical (unpaired) electrons. The SMILES string of the molecule is Cc1c(-c2cc3cc(N(C)C(=O)OC4CC5(CCN(C(=O)OC(C)(C)C)CC5)C4)ncc3cc2F)cnc2c1N(C(=O)OC(C)(C)C)CCO2. The summed E-state index contributed by atoms with van der Waals surface area (Å²) in [5.74, 6) is 0.144. The summed E-state index contributed by atoms with van der Waals surface area (Å²) in [5.41, 5.74) is 0.641. The highest BCUT2D eigenvalue weighted by molar-refractivity contribution is 5.95. The number of likely N-dealkylation sites (tertiary alicyclic amines) is 1. The monoisotopic (exact) mass is 691 g/mol. The summed E-state index contributed by atoms with van der Waals surface area (Å²) >= 11 is 0. The van der Waals surface area contributed by atoms with Gasteiger partial charge in [-0.3, -0.25) is 9.80 Å². The normalized spacial score (nSPS) is 17.5. The van der Waals surface area contributed by atoms with Gasteiger partial charge in [-0.15, -0.1) is 0 Å². The predicted octanol–water partition coefficient (Wildman–Crippen LogP) is 7.63. The van der Waals surface area contributed by atoms with Crippen LogP contribution in [0.2, 0.25) is 0 Å². The van der Waals surface area contributed by atoms with Crippen LogP contribution in [0, 0.1) is 18.2 Å². The summed E-state index contributed by atoms with van der Waals surface area (Å²) in [6.45, 7) is 14.5. The first kappa shape index (κ1) is 35.2. The fourth-order valence-corrected chi connectivity index (χ4v) is 6.86. The molecule has 0 unspecified atom stereocenters. The van der Waals surface area contributed by atoms with Crippen molar-refractivity contribution in [2.45, 2.75) is 91.5 Å². The van der Waals surface area contributed by atoms with Gasteiger partial charge in [-0.2, -0.15) is 0 Å². The summed E-state index contributed by atoms with van der Waals surface area (Å²) in [6, 6.07) is 4.79. The van der Waals surface area contributed by atoms with Crippen molar-refractivity contribution in [3.05, 3.63) is 42.0 Å². The fourth-order valence-electron chi connectivity index (χ4n) is 6.86. The second kappa shape index (κ2) is 12.9. The molecule has 4 heterocycles. The molecule has 1 aliphatic carbocycles. The zero-order chi connectivity index (χ0) is 36.2. The minimum atomic E-state index is -0.702. The second-order valence-electron chi connectivity index (χ2n) is 15.6. The zero-order valence-electron chi connectivity index (χ0n) is 30.1. The van der Waals surface area contributed by atoms with Crippen LogP contribution in [0.25, 0.3) is 21.9 Å². The van der Waals surface area contributed by atoms with E-state index in [0.29, 0.717) is 46.5 Å². The minimum Gasteiger partial charge on any atom is -0.474 e. The number of carbonyl (C=O) groups excluding carboxylic acids is 3. The number of amides is 3. The molecule has 268 valence electrons. The highest BCUT2D eigenvalue weighted by atomic mass is 19.1. The third-order valence-electron chi connectivity index (χ3n) is 9.48. The molecule has 6 rings (SSSR count). The van der Waals surface area contributed by atoms with Crippen molar-refractivity contribution in [1.82, 2.24) is 14.9 Å². The zero-order valence-corrected chi connectivity index (χ0v) is 30.1. The molecule has 12 nitrogen and oxygen atoms in total. The first-order valence-electron chi connectivity index (χ1n) is 17.1. The number of halogens is 1. The smallest absolute Gasteiger partial charge is 0.415 e. The average Bonchev–Trinajstić information content (AvgIpc) is 3.02. The van der Waals surface area contributed by atoms with Crippen LogP contribution in [0.15, 0.2) is 30.6 Å². The van der Waals surface area contributed by atoms with E-state index in [2.05, 4.69) is 9.97 Å². The molecule has 2 aromatic heterocycles. The van der Waals surface area contributed by atoms with E-state index in [1.807, 2.05) is 20.8 Å². The standard InChI is InChI=1S/C37H46FN5O7/c1-22-27(21-40-31-30(22)43(13-14-47-31)34(46)50-36(5,6)7)26-15-23-17-29(39-20-24(23)16-28(26)38)41(8)32(44)48-25-18-37(19-25)9-11-42(12-10-37)33(45)49-35(2,3)4/h15-17,20-21,25H,9-14,18-19H2,1-8H3. The Bertz CT molecular complexity index is 1820. The predicted molar refractivity (Wildman–Crippen MR) is 186 cm³/mol. The number of anilines is 2. The molecular weight excluding hydrogens is 645 g/mol. The summed E-state index contributed by atoms with van der Waals surface area (Å²) in [6.07, 6.45) is 4.66. The topological polar surface area (TPSA) is 124 Å². The molecule has 0 N–H and O–H groups in total. The number of pyridine rings is 2. The molecule has 0 bridgehead atoms. The lowest BCUT2D eigenvalue weighted by molar-refractivity contribution is -0.0728. The molecule has 3 aromatic rings. The van der Waals surface area contributed by atoms with Gasteiger partial charge >= 0.3 is 18.3 Å². The van der Waals surface area contributed by atoms with E-state index in [1.54, 1.807) is 51.8 Å². The van der Waals surface area contributed by atoms with Gasteiger partial charge in [-0.05, 0) is 109 Å². The van der Waals surface area contributed by atoms with Gasteiger partial charge < -0.3 is 23.8 Å². The quantitative estimate of drug-likeness (QED) is 0.255. The highest BCUT2D eigenvalue weighted by Crippen LogP contribution is 2.50. The van der Waals surface area contributed by atoms with Gasteiger partial charge in [0.25, 0.3) is 0 Å². The van der Waals surface area contributed by atoms with E-state index in [4.69, 9.17) is 18.9 Å². The summed E-state index contributed by atoms with van der Waals surface area (Å²) in [5, 5.41) is 1.21. The van der Waals surface area contributed by atoms with Crippen molar-refractivity contribution < 1.29 is 37.7 Å². The van der Waals surface area contributed by atoms with Crippen molar-refractivity contribution in [3.63, 3.8) is 0 Å². The maximum Gasteiger partial charge on any atom is 0.415 e. The number of hydrogen-bond donors (Lipinski definition) is 0. The molecule has 1 saturated heterocycles. The Balaban J connectivity index is 1.14. The Morgan fingerprint density at radius 2 is 1.56 bits per heavy atom. The van der Waals surface area contributed by atoms with E-state index in [-0.39, 0.29) is 42.2 Å². The van der Waals surface area contributed by atoms with Gasteiger partial charge in [-0.25, -0.2) is 28.7 Å². The average molecular weight is 692 g/mol. The van der Waals surface area contributed by atoms with Gasteiger partial charge in [-0.1, -0.05) is 0 Å². The molecule has 2 aliphatic heterocycles. The van der Waals surface area contributed by atoms with Gasteiger partial charge in [0.15, 0.2) is 0 Å². The molecule has 0 atom stereocenters. The maximum atomic E-state index is 15.6. The van der Waals surface area contributed by atoms with Gasteiger partial charge in [0.05, 0.1) is 6.54 Å². The van der Waals surface area contributed by atoms with E-state index in [9.17, 15) is 14.4 Å². The Morgan fingerprint density at radius 1 is 0.900 bits per heavy atom. The number of aromatic nitrogens is 2. The number of piperidine rings is 1. The van der Waals surface area contributed by atoms with Crippen molar-refractivity contribution in [2.24, 2.45) is 5.41 Å². The van der Waals surface area contributed by atoms with E-state index < -0.39 is 29.2 Å². The number of fused-ring (bicyclic) bond motifs is 2. The lowest BCUT2D eigenvalue weighted by Crippen LogP contribution is -2.52. The van der Waals surface area contributed by atoms with Gasteiger partial charge in [0, 0.05) is 49.0 Å². The number of rotatable bonds is 3. The minimum absolute atomic E-state index is 0.0590. The van der Waals surface area contributed by atoms with Crippen molar-refractivity contribution >= 4 is 40.6 Å². The van der Waals surface area contributed by atoms with Crippen LogP contribution in [0.5, 0.6) is 5.88 Å². The Hall–Kier alpha value is -4.68. The largest absolute Gasteiger partial charge is 0.474 e. The van der Waals surface area contributed by atoms with Crippen LogP contribution in [-0.4, -0.2) is 83.7 Å². The van der Waals surface area contributed by atoms with Crippen LogP contribution in [0.4, 0.5) is 30.3 Å². The Morgan fingerprint density at radius 3 is 2.22 bits per heavy atom. The highest BCUT2D eigenvalue weighted by Gasteiger charge is 2.48. The van der Waals surface area contributed by atoms with E-state index >= 15 is 4.39 Å². The maximum absolute atomic E-state index is 15.6. The van der Waals surface area contributed by atoms with Crippen LogP contribution in [0.3, 0.4) is 0 Å². The number of carbonyl (C=O) groups is 3. The van der Waals surface area contributed by atoms with Crippen LogP contribution in [0.1, 0.15) is 72.8 Å². The Kier molecular flexibility index (Phi) is 9.06. The summed E-state index contributed by atoms with van der Waals surface area (Å²) in [4.78, 5) is 52.2. The molecule has 1 spiro atoms. The first-order chi connectivity index (χ1) is 23.4. The van der Waals surface area contributed by atoms with E-state index in [1.165, 1.54) is 28.3 Å².